The van der Waals surface area contributed by atoms with Crippen molar-refractivity contribution in [2.45, 2.75) is 13.3 Å². The predicted molar refractivity (Wildman–Crippen MR) is 60.2 cm³/mol. The molecule has 0 aliphatic heterocycles. The van der Waals surface area contributed by atoms with Crippen molar-refractivity contribution in [3.63, 3.8) is 0 Å². The number of Topliss-reactive ketones (excluding diaryl/α,β-unsaturated/α-hetero) is 1. The van der Waals surface area contributed by atoms with Crippen LogP contribution in [0.5, 0.6) is 0 Å². The third-order valence-corrected chi connectivity index (χ3v) is 2.42. The van der Waals surface area contributed by atoms with Crippen molar-refractivity contribution >= 4 is 5.78 Å². The molecule has 0 aliphatic carbocycles. The van der Waals surface area contributed by atoms with Crippen LogP contribution in [0.4, 0.5) is 4.39 Å². The number of aryl methyl sites for hydroxylation is 2. The Hall–Kier alpha value is -2.04. The van der Waals surface area contributed by atoms with Gasteiger partial charge in [-0.1, -0.05) is 11.3 Å². The van der Waals surface area contributed by atoms with Crippen molar-refractivity contribution in [2.75, 3.05) is 0 Å². The molecule has 2 aromatic rings. The first-order valence-corrected chi connectivity index (χ1v) is 5.21. The van der Waals surface area contributed by atoms with Gasteiger partial charge in [-0.25, -0.2) is 4.39 Å². The lowest BCUT2D eigenvalue weighted by Crippen LogP contribution is -2.06. The smallest absolute Gasteiger partial charge is 0.171 e. The number of rotatable bonds is 3. The lowest BCUT2D eigenvalue weighted by molar-refractivity contribution is 0.0988. The molecular weight excluding hydrogens is 221 g/mol. The molecule has 0 N–H and O–H groups in total. The first-order chi connectivity index (χ1) is 8.06. The molecule has 17 heavy (non-hydrogen) atoms. The van der Waals surface area contributed by atoms with Gasteiger partial charge in [0.1, 0.15) is 5.82 Å². The molecule has 0 spiro atoms. The summed E-state index contributed by atoms with van der Waals surface area (Å²) in [6, 6.07) is 4.57. The van der Waals surface area contributed by atoms with Crippen molar-refractivity contribution in [1.82, 2.24) is 15.0 Å². The summed E-state index contributed by atoms with van der Waals surface area (Å²) in [7, 11) is 1.72. The van der Waals surface area contributed by atoms with Gasteiger partial charge in [0.25, 0.3) is 0 Å². The van der Waals surface area contributed by atoms with E-state index in [1.165, 1.54) is 16.8 Å². The summed E-state index contributed by atoms with van der Waals surface area (Å²) in [5.41, 5.74) is 1.43. The average molecular weight is 233 g/mol. The van der Waals surface area contributed by atoms with Gasteiger partial charge in [0, 0.05) is 13.2 Å². The zero-order valence-corrected chi connectivity index (χ0v) is 9.64. The minimum absolute atomic E-state index is 0.0633. The topological polar surface area (TPSA) is 47.8 Å². The molecular formula is C12H12FN3O. The molecule has 0 bridgehead atoms. The molecule has 0 saturated carbocycles. The summed E-state index contributed by atoms with van der Waals surface area (Å²) in [4.78, 5) is 11.8. The number of hydrogen-bond acceptors (Lipinski definition) is 3. The number of carbonyl (C=O) groups is 1. The SMILES string of the molecule is Cc1ccc(C(=O)Cc2cn(C)nn2)c(F)c1. The van der Waals surface area contributed by atoms with Gasteiger partial charge in [-0.2, -0.15) is 0 Å². The van der Waals surface area contributed by atoms with Gasteiger partial charge in [-0.15, -0.1) is 5.10 Å². The van der Waals surface area contributed by atoms with E-state index in [2.05, 4.69) is 10.3 Å². The Morgan fingerprint density at radius 3 is 2.82 bits per heavy atom. The first-order valence-electron chi connectivity index (χ1n) is 5.21. The summed E-state index contributed by atoms with van der Waals surface area (Å²) >= 11 is 0. The Labute approximate surface area is 98.1 Å². The lowest BCUT2D eigenvalue weighted by Gasteiger charge is -2.01. The highest BCUT2D eigenvalue weighted by Crippen LogP contribution is 2.12. The number of carbonyl (C=O) groups excluding carboxylic acids is 1. The molecule has 1 aromatic carbocycles. The van der Waals surface area contributed by atoms with Gasteiger partial charge in [-0.05, 0) is 24.6 Å². The standard InChI is InChI=1S/C12H12FN3O/c1-8-3-4-10(11(13)5-8)12(17)6-9-7-16(2)15-14-9/h3-5,7H,6H2,1-2H3. The molecule has 0 aliphatic rings. The second kappa shape index (κ2) is 4.45. The Kier molecular flexibility index (Phi) is 2.99. The zero-order valence-electron chi connectivity index (χ0n) is 9.64. The fourth-order valence-corrected chi connectivity index (χ4v) is 1.58. The van der Waals surface area contributed by atoms with Crippen LogP contribution in [0.2, 0.25) is 0 Å². The zero-order chi connectivity index (χ0) is 12.4. The van der Waals surface area contributed by atoms with E-state index in [-0.39, 0.29) is 17.8 Å². The van der Waals surface area contributed by atoms with Crippen molar-refractivity contribution in [1.29, 1.82) is 0 Å². The van der Waals surface area contributed by atoms with Crippen LogP contribution in [0.15, 0.2) is 24.4 Å². The van der Waals surface area contributed by atoms with E-state index in [9.17, 15) is 9.18 Å². The Morgan fingerprint density at radius 2 is 2.24 bits per heavy atom. The monoisotopic (exact) mass is 233 g/mol. The highest BCUT2D eigenvalue weighted by atomic mass is 19.1. The highest BCUT2D eigenvalue weighted by molar-refractivity contribution is 5.97. The second-order valence-corrected chi connectivity index (χ2v) is 3.97. The molecule has 0 radical (unpaired) electrons. The highest BCUT2D eigenvalue weighted by Gasteiger charge is 2.13. The van der Waals surface area contributed by atoms with Crippen molar-refractivity contribution < 1.29 is 9.18 Å². The summed E-state index contributed by atoms with van der Waals surface area (Å²) in [6.45, 7) is 1.78. The van der Waals surface area contributed by atoms with Crippen LogP contribution in [0, 0.1) is 12.7 Å². The number of hydrogen-bond donors (Lipinski definition) is 0. The van der Waals surface area contributed by atoms with Crippen LogP contribution in [-0.4, -0.2) is 20.8 Å². The molecule has 0 saturated heterocycles. The van der Waals surface area contributed by atoms with E-state index in [4.69, 9.17) is 0 Å². The molecule has 4 nitrogen and oxygen atoms in total. The van der Waals surface area contributed by atoms with E-state index in [0.29, 0.717) is 5.69 Å². The first kappa shape index (κ1) is 11.4. The van der Waals surface area contributed by atoms with Crippen LogP contribution >= 0.6 is 0 Å². The maximum atomic E-state index is 13.5. The molecule has 1 aromatic heterocycles. The van der Waals surface area contributed by atoms with E-state index >= 15 is 0 Å². The van der Waals surface area contributed by atoms with Gasteiger partial charge in [0.05, 0.1) is 17.7 Å². The molecule has 0 atom stereocenters. The van der Waals surface area contributed by atoms with E-state index in [1.807, 2.05) is 0 Å². The van der Waals surface area contributed by atoms with Crippen molar-refractivity contribution in [3.05, 3.63) is 47.0 Å². The van der Waals surface area contributed by atoms with Gasteiger partial charge in [0.15, 0.2) is 5.78 Å². The van der Waals surface area contributed by atoms with Crippen LogP contribution in [0.25, 0.3) is 0 Å². The van der Waals surface area contributed by atoms with Gasteiger partial charge in [0.2, 0.25) is 0 Å². The van der Waals surface area contributed by atoms with E-state index < -0.39 is 5.82 Å². The minimum atomic E-state index is -0.487. The third-order valence-electron chi connectivity index (χ3n) is 2.42. The predicted octanol–water partition coefficient (Wildman–Crippen LogP) is 1.69. The van der Waals surface area contributed by atoms with Crippen molar-refractivity contribution in [2.24, 2.45) is 7.05 Å². The maximum absolute atomic E-state index is 13.5. The molecule has 0 fully saturated rings. The number of halogens is 1. The molecule has 0 unspecified atom stereocenters. The minimum Gasteiger partial charge on any atom is -0.294 e. The Bertz CT molecular complexity index is 563. The number of nitrogens with zero attached hydrogens (tertiary/aromatic N) is 3. The van der Waals surface area contributed by atoms with E-state index in [0.717, 1.165) is 5.56 Å². The fraction of sp³-hybridized carbons (Fsp3) is 0.250. The van der Waals surface area contributed by atoms with Crippen LogP contribution in [-0.2, 0) is 13.5 Å². The number of aromatic nitrogens is 3. The lowest BCUT2D eigenvalue weighted by atomic mass is 10.0. The Morgan fingerprint density at radius 1 is 1.47 bits per heavy atom. The van der Waals surface area contributed by atoms with E-state index in [1.54, 1.807) is 26.2 Å². The fourth-order valence-electron chi connectivity index (χ4n) is 1.58. The number of ketones is 1. The van der Waals surface area contributed by atoms with Crippen LogP contribution in [0.1, 0.15) is 21.6 Å². The molecule has 88 valence electrons. The second-order valence-electron chi connectivity index (χ2n) is 3.97. The maximum Gasteiger partial charge on any atom is 0.171 e. The summed E-state index contributed by atoms with van der Waals surface area (Å²) in [5.74, 6) is -0.776. The molecule has 5 heteroatoms. The average Bonchev–Trinajstić information content (AvgIpc) is 2.63. The number of benzene rings is 1. The normalized spacial score (nSPS) is 10.5. The summed E-state index contributed by atoms with van der Waals surface area (Å²) < 4.78 is 15.1. The van der Waals surface area contributed by atoms with Crippen molar-refractivity contribution in [3.8, 4) is 0 Å². The molecule has 2 rings (SSSR count). The van der Waals surface area contributed by atoms with Gasteiger partial charge >= 0.3 is 0 Å². The summed E-state index contributed by atoms with van der Waals surface area (Å²) in [6.07, 6.45) is 1.71. The molecule has 1 heterocycles. The third kappa shape index (κ3) is 2.55. The molecule has 0 amide bonds. The summed E-state index contributed by atoms with van der Waals surface area (Å²) in [5, 5.41) is 7.52. The van der Waals surface area contributed by atoms with Gasteiger partial charge < -0.3 is 0 Å². The van der Waals surface area contributed by atoms with Crippen LogP contribution in [0.3, 0.4) is 0 Å². The van der Waals surface area contributed by atoms with Gasteiger partial charge in [-0.3, -0.25) is 9.48 Å². The quantitative estimate of drug-likeness (QED) is 0.758. The Balaban J connectivity index is 2.20. The van der Waals surface area contributed by atoms with Crippen LogP contribution < -0.4 is 0 Å². The largest absolute Gasteiger partial charge is 0.294 e.